The molecule has 0 aliphatic heterocycles. The van der Waals surface area contributed by atoms with Gasteiger partial charge in [0, 0.05) is 6.42 Å². The Balaban J connectivity index is 1.94. The highest BCUT2D eigenvalue weighted by Crippen LogP contribution is 2.17. The smallest absolute Gasteiger partial charge is 0.224 e. The normalized spacial score (nSPS) is 10.5. The van der Waals surface area contributed by atoms with E-state index in [9.17, 15) is 4.79 Å². The number of nitrogens with one attached hydrogen (secondary N) is 2. The molecule has 0 bridgehead atoms. The predicted octanol–water partition coefficient (Wildman–Crippen LogP) is 2.91. The van der Waals surface area contributed by atoms with Crippen LogP contribution in [-0.4, -0.2) is 16.1 Å². The van der Waals surface area contributed by atoms with Crippen LogP contribution < -0.4 is 5.32 Å². The second-order valence-electron chi connectivity index (χ2n) is 4.78. The number of hydrogen-bond acceptors (Lipinski definition) is 2. The van der Waals surface area contributed by atoms with E-state index < -0.39 is 0 Å². The SMILES string of the molecule is Cc1ccccc1CCC(=O)Nc1c(C)n[nH]c1C. The van der Waals surface area contributed by atoms with Crippen LogP contribution in [0.3, 0.4) is 0 Å². The molecule has 0 atom stereocenters. The first-order valence-corrected chi connectivity index (χ1v) is 6.44. The van der Waals surface area contributed by atoms with E-state index in [4.69, 9.17) is 0 Å². The third kappa shape index (κ3) is 3.22. The largest absolute Gasteiger partial charge is 0.323 e. The first-order chi connectivity index (χ1) is 9.08. The number of anilines is 1. The Morgan fingerprint density at radius 2 is 2.00 bits per heavy atom. The molecule has 1 aromatic carbocycles. The number of benzene rings is 1. The maximum atomic E-state index is 11.9. The van der Waals surface area contributed by atoms with Gasteiger partial charge in [-0.2, -0.15) is 5.10 Å². The highest BCUT2D eigenvalue weighted by Gasteiger charge is 2.10. The minimum absolute atomic E-state index is 0.0239. The monoisotopic (exact) mass is 257 g/mol. The fourth-order valence-corrected chi connectivity index (χ4v) is 2.08. The maximum Gasteiger partial charge on any atom is 0.224 e. The first-order valence-electron chi connectivity index (χ1n) is 6.44. The van der Waals surface area contributed by atoms with Gasteiger partial charge < -0.3 is 5.32 Å². The molecule has 1 amide bonds. The van der Waals surface area contributed by atoms with Gasteiger partial charge in [0.25, 0.3) is 0 Å². The summed E-state index contributed by atoms with van der Waals surface area (Å²) in [5.74, 6) is 0.0239. The van der Waals surface area contributed by atoms with Crippen LogP contribution in [0.4, 0.5) is 5.69 Å². The summed E-state index contributed by atoms with van der Waals surface area (Å²) >= 11 is 0. The van der Waals surface area contributed by atoms with Gasteiger partial charge in [-0.05, 0) is 38.3 Å². The van der Waals surface area contributed by atoms with Crippen molar-refractivity contribution in [2.45, 2.75) is 33.6 Å². The lowest BCUT2D eigenvalue weighted by Gasteiger charge is -2.07. The quantitative estimate of drug-likeness (QED) is 0.884. The van der Waals surface area contributed by atoms with E-state index >= 15 is 0 Å². The van der Waals surface area contributed by atoms with Crippen molar-refractivity contribution in [3.8, 4) is 0 Å². The molecule has 0 saturated carbocycles. The average molecular weight is 257 g/mol. The lowest BCUT2D eigenvalue weighted by Crippen LogP contribution is -2.13. The van der Waals surface area contributed by atoms with Gasteiger partial charge in [0.2, 0.25) is 5.91 Å². The number of aryl methyl sites for hydroxylation is 4. The second-order valence-corrected chi connectivity index (χ2v) is 4.78. The van der Waals surface area contributed by atoms with Gasteiger partial charge >= 0.3 is 0 Å². The summed E-state index contributed by atoms with van der Waals surface area (Å²) in [6.07, 6.45) is 1.24. The second kappa shape index (κ2) is 5.69. The molecule has 0 aliphatic carbocycles. The zero-order valence-corrected chi connectivity index (χ0v) is 11.6. The molecule has 4 nitrogen and oxygen atoms in total. The number of nitrogens with zero attached hydrogens (tertiary/aromatic N) is 1. The Kier molecular flexibility index (Phi) is 4.00. The van der Waals surface area contributed by atoms with Crippen LogP contribution in [0, 0.1) is 20.8 Å². The van der Waals surface area contributed by atoms with Crippen molar-refractivity contribution in [3.63, 3.8) is 0 Å². The standard InChI is InChI=1S/C15H19N3O/c1-10-6-4-5-7-13(10)8-9-14(19)16-15-11(2)17-18-12(15)3/h4-7H,8-9H2,1-3H3,(H,16,19)(H,17,18). The summed E-state index contributed by atoms with van der Waals surface area (Å²) in [5, 5.41) is 9.84. The summed E-state index contributed by atoms with van der Waals surface area (Å²) < 4.78 is 0. The van der Waals surface area contributed by atoms with E-state index in [1.807, 2.05) is 26.0 Å². The van der Waals surface area contributed by atoms with Crippen molar-refractivity contribution in [2.75, 3.05) is 5.32 Å². The summed E-state index contributed by atoms with van der Waals surface area (Å²) in [6, 6.07) is 8.15. The molecule has 2 aromatic rings. The van der Waals surface area contributed by atoms with Crippen molar-refractivity contribution < 1.29 is 4.79 Å². The number of H-pyrrole nitrogens is 1. The van der Waals surface area contributed by atoms with Crippen molar-refractivity contribution in [2.24, 2.45) is 0 Å². The van der Waals surface area contributed by atoms with Gasteiger partial charge in [0.1, 0.15) is 0 Å². The zero-order valence-electron chi connectivity index (χ0n) is 11.6. The number of carbonyl (C=O) groups is 1. The van der Waals surface area contributed by atoms with Crippen molar-refractivity contribution in [1.82, 2.24) is 10.2 Å². The Morgan fingerprint density at radius 3 is 2.63 bits per heavy atom. The van der Waals surface area contributed by atoms with Gasteiger partial charge in [0.05, 0.1) is 17.1 Å². The Morgan fingerprint density at radius 1 is 1.26 bits per heavy atom. The minimum Gasteiger partial charge on any atom is -0.323 e. The minimum atomic E-state index is 0.0239. The Hall–Kier alpha value is -2.10. The Bertz CT molecular complexity index is 567. The number of carbonyl (C=O) groups excluding carboxylic acids is 1. The molecular formula is C15H19N3O. The fraction of sp³-hybridized carbons (Fsp3) is 0.333. The van der Waals surface area contributed by atoms with Crippen LogP contribution in [0.5, 0.6) is 0 Å². The molecular weight excluding hydrogens is 238 g/mol. The first kappa shape index (κ1) is 13.3. The number of aromatic nitrogens is 2. The van der Waals surface area contributed by atoms with E-state index in [0.717, 1.165) is 23.5 Å². The molecule has 0 fully saturated rings. The molecule has 0 radical (unpaired) electrons. The third-order valence-corrected chi connectivity index (χ3v) is 3.28. The molecule has 0 spiro atoms. The highest BCUT2D eigenvalue weighted by atomic mass is 16.1. The van der Waals surface area contributed by atoms with E-state index in [1.54, 1.807) is 0 Å². The number of rotatable bonds is 4. The fourth-order valence-electron chi connectivity index (χ4n) is 2.08. The summed E-state index contributed by atoms with van der Waals surface area (Å²) in [7, 11) is 0. The van der Waals surface area contributed by atoms with Gasteiger partial charge in [-0.25, -0.2) is 0 Å². The van der Waals surface area contributed by atoms with E-state index in [1.165, 1.54) is 11.1 Å². The molecule has 0 unspecified atom stereocenters. The molecule has 1 aromatic heterocycles. The highest BCUT2D eigenvalue weighted by molar-refractivity contribution is 5.91. The lowest BCUT2D eigenvalue weighted by atomic mass is 10.0. The van der Waals surface area contributed by atoms with Crippen LogP contribution in [0.1, 0.15) is 28.9 Å². The van der Waals surface area contributed by atoms with Gasteiger partial charge in [-0.3, -0.25) is 9.89 Å². The summed E-state index contributed by atoms with van der Waals surface area (Å²) in [5.41, 5.74) is 4.96. The van der Waals surface area contributed by atoms with Crippen molar-refractivity contribution >= 4 is 11.6 Å². The molecule has 19 heavy (non-hydrogen) atoms. The Labute approximate surface area is 113 Å². The molecule has 1 heterocycles. The summed E-state index contributed by atoms with van der Waals surface area (Å²) in [6.45, 7) is 5.84. The van der Waals surface area contributed by atoms with E-state index in [-0.39, 0.29) is 5.91 Å². The topological polar surface area (TPSA) is 57.8 Å². The van der Waals surface area contributed by atoms with Crippen LogP contribution in [-0.2, 0) is 11.2 Å². The van der Waals surface area contributed by atoms with Crippen LogP contribution in [0.25, 0.3) is 0 Å². The average Bonchev–Trinajstić information content (AvgIpc) is 2.70. The number of aromatic amines is 1. The van der Waals surface area contributed by atoms with E-state index in [0.29, 0.717) is 6.42 Å². The molecule has 4 heteroatoms. The molecule has 0 aliphatic rings. The van der Waals surface area contributed by atoms with Crippen molar-refractivity contribution in [1.29, 1.82) is 0 Å². The molecule has 100 valence electrons. The molecule has 2 rings (SSSR count). The predicted molar refractivity (Wildman–Crippen MR) is 76.2 cm³/mol. The maximum absolute atomic E-state index is 11.9. The lowest BCUT2D eigenvalue weighted by molar-refractivity contribution is -0.116. The van der Waals surface area contributed by atoms with Crippen molar-refractivity contribution in [3.05, 3.63) is 46.8 Å². The number of hydrogen-bond donors (Lipinski definition) is 2. The number of amides is 1. The van der Waals surface area contributed by atoms with Gasteiger partial charge in [-0.15, -0.1) is 0 Å². The van der Waals surface area contributed by atoms with Crippen LogP contribution in [0.15, 0.2) is 24.3 Å². The summed E-state index contributed by atoms with van der Waals surface area (Å²) in [4.78, 5) is 11.9. The van der Waals surface area contributed by atoms with Crippen LogP contribution in [0.2, 0.25) is 0 Å². The molecule has 0 saturated heterocycles. The van der Waals surface area contributed by atoms with Gasteiger partial charge in [0.15, 0.2) is 0 Å². The molecule has 2 N–H and O–H groups in total. The van der Waals surface area contributed by atoms with E-state index in [2.05, 4.69) is 34.6 Å². The van der Waals surface area contributed by atoms with Gasteiger partial charge in [-0.1, -0.05) is 24.3 Å². The van der Waals surface area contributed by atoms with Crippen LogP contribution >= 0.6 is 0 Å². The zero-order chi connectivity index (χ0) is 13.8. The third-order valence-electron chi connectivity index (χ3n) is 3.28.